The molecule has 0 amide bonds. The van der Waals surface area contributed by atoms with Crippen molar-refractivity contribution in [1.29, 1.82) is 0 Å². The SMILES string of the molecule is OC[C@H]1O[C@@H](O)[C@@](O)(Oc2cccc3[nH]cc(Cc4ccc(-c5cccnc5)cc4)c23)[C@@H](O)[C@@H]1O. The molecule has 182 valence electrons. The van der Waals surface area contributed by atoms with Crippen LogP contribution < -0.4 is 4.74 Å². The number of rotatable bonds is 6. The summed E-state index contributed by atoms with van der Waals surface area (Å²) in [7, 11) is 0. The van der Waals surface area contributed by atoms with Crippen LogP contribution in [-0.4, -0.2) is 72.5 Å². The van der Waals surface area contributed by atoms with Gasteiger partial charge in [-0.2, -0.15) is 0 Å². The standard InChI is InChI=1S/C26H26N2O7/c29-14-21-23(30)24(31)26(33,25(32)34-21)35-20-5-1-4-19-22(20)18(13-28-19)11-15-6-8-16(9-7-15)17-3-2-10-27-12-17/h1-10,12-13,21,23-25,28-33H,11,14H2/t21-,23-,24+,25-,26+/m1/s1. The Morgan fingerprint density at radius 2 is 1.80 bits per heavy atom. The maximum absolute atomic E-state index is 11.0. The van der Waals surface area contributed by atoms with Crippen LogP contribution >= 0.6 is 0 Å². The highest BCUT2D eigenvalue weighted by Gasteiger charge is 2.57. The van der Waals surface area contributed by atoms with Crippen LogP contribution in [0.1, 0.15) is 11.1 Å². The number of H-pyrrole nitrogens is 1. The highest BCUT2D eigenvalue weighted by atomic mass is 16.7. The molecule has 9 heteroatoms. The topological polar surface area (TPSA) is 148 Å². The number of hydrogen-bond acceptors (Lipinski definition) is 8. The van der Waals surface area contributed by atoms with Crippen molar-refractivity contribution in [3.63, 3.8) is 0 Å². The van der Waals surface area contributed by atoms with Crippen molar-refractivity contribution in [2.75, 3.05) is 6.61 Å². The summed E-state index contributed by atoms with van der Waals surface area (Å²) in [5.74, 6) is -2.47. The highest BCUT2D eigenvalue weighted by molar-refractivity contribution is 5.89. The number of aromatic nitrogens is 2. The van der Waals surface area contributed by atoms with Gasteiger partial charge in [-0.05, 0) is 46.9 Å². The van der Waals surface area contributed by atoms with E-state index in [0.29, 0.717) is 11.8 Å². The second-order valence-corrected chi connectivity index (χ2v) is 8.61. The summed E-state index contributed by atoms with van der Waals surface area (Å²) in [6.45, 7) is -0.650. The van der Waals surface area contributed by atoms with E-state index in [9.17, 15) is 25.5 Å². The van der Waals surface area contributed by atoms with Gasteiger partial charge in [0, 0.05) is 29.5 Å². The summed E-state index contributed by atoms with van der Waals surface area (Å²) in [6.07, 6.45) is -0.958. The lowest BCUT2D eigenvalue weighted by Gasteiger charge is -2.45. The van der Waals surface area contributed by atoms with Gasteiger partial charge in [-0.25, -0.2) is 0 Å². The fraction of sp³-hybridized carbons (Fsp3) is 0.269. The first-order valence-electron chi connectivity index (χ1n) is 11.2. The van der Waals surface area contributed by atoms with Gasteiger partial charge in [-0.1, -0.05) is 36.4 Å². The molecule has 6 N–H and O–H groups in total. The minimum Gasteiger partial charge on any atom is -0.454 e. The Bertz CT molecular complexity index is 1290. The molecule has 1 aliphatic rings. The third-order valence-corrected chi connectivity index (χ3v) is 6.33. The van der Waals surface area contributed by atoms with Crippen LogP contribution in [0.15, 0.2) is 73.2 Å². The predicted octanol–water partition coefficient (Wildman–Crippen LogP) is 1.32. The van der Waals surface area contributed by atoms with Gasteiger partial charge in [-0.3, -0.25) is 4.98 Å². The summed E-state index contributed by atoms with van der Waals surface area (Å²) in [4.78, 5) is 7.33. The second-order valence-electron chi connectivity index (χ2n) is 8.61. The minimum atomic E-state index is -2.65. The zero-order valence-corrected chi connectivity index (χ0v) is 18.7. The second kappa shape index (κ2) is 9.38. The number of nitrogens with zero attached hydrogens (tertiary/aromatic N) is 1. The smallest absolute Gasteiger partial charge is 0.288 e. The molecule has 35 heavy (non-hydrogen) atoms. The number of hydrogen-bond donors (Lipinski definition) is 6. The van der Waals surface area contributed by atoms with Gasteiger partial charge >= 0.3 is 0 Å². The van der Waals surface area contributed by atoms with Crippen molar-refractivity contribution in [2.45, 2.75) is 36.8 Å². The molecule has 0 radical (unpaired) electrons. The zero-order valence-electron chi connectivity index (χ0n) is 18.7. The van der Waals surface area contributed by atoms with Gasteiger partial charge in [0.2, 0.25) is 6.29 Å². The van der Waals surface area contributed by atoms with E-state index in [1.165, 1.54) is 0 Å². The van der Waals surface area contributed by atoms with E-state index < -0.39 is 37.0 Å². The first-order valence-corrected chi connectivity index (χ1v) is 11.2. The largest absolute Gasteiger partial charge is 0.454 e. The third kappa shape index (κ3) is 4.30. The van der Waals surface area contributed by atoms with Crippen molar-refractivity contribution >= 4 is 10.9 Å². The van der Waals surface area contributed by atoms with E-state index in [1.54, 1.807) is 24.5 Å². The Kier molecular flexibility index (Phi) is 6.28. The predicted molar refractivity (Wildman–Crippen MR) is 126 cm³/mol. The Morgan fingerprint density at radius 1 is 1.00 bits per heavy atom. The van der Waals surface area contributed by atoms with Crippen molar-refractivity contribution < 1.29 is 35.0 Å². The van der Waals surface area contributed by atoms with E-state index in [2.05, 4.69) is 9.97 Å². The summed E-state index contributed by atoms with van der Waals surface area (Å²) < 4.78 is 10.8. The van der Waals surface area contributed by atoms with Crippen molar-refractivity contribution in [3.8, 4) is 16.9 Å². The number of aliphatic hydroxyl groups is 5. The van der Waals surface area contributed by atoms with E-state index in [0.717, 1.165) is 27.8 Å². The van der Waals surface area contributed by atoms with Crippen molar-refractivity contribution in [3.05, 3.63) is 84.3 Å². The number of nitrogens with one attached hydrogen (secondary N) is 1. The zero-order chi connectivity index (χ0) is 24.6. The van der Waals surface area contributed by atoms with Crippen LogP contribution in [-0.2, 0) is 11.2 Å². The maximum Gasteiger partial charge on any atom is 0.288 e. The summed E-state index contributed by atoms with van der Waals surface area (Å²) in [6, 6.07) is 17.1. The van der Waals surface area contributed by atoms with Crippen molar-refractivity contribution in [2.24, 2.45) is 0 Å². The van der Waals surface area contributed by atoms with E-state index in [1.807, 2.05) is 48.7 Å². The molecule has 0 bridgehead atoms. The number of aromatic amines is 1. The van der Waals surface area contributed by atoms with Gasteiger partial charge in [0.15, 0.2) is 6.10 Å². The minimum absolute atomic E-state index is 0.185. The van der Waals surface area contributed by atoms with E-state index >= 15 is 0 Å². The van der Waals surface area contributed by atoms with Gasteiger partial charge in [-0.15, -0.1) is 0 Å². The molecule has 1 aliphatic heterocycles. The molecule has 5 rings (SSSR count). The molecule has 0 unspecified atom stereocenters. The van der Waals surface area contributed by atoms with Crippen molar-refractivity contribution in [1.82, 2.24) is 9.97 Å². The van der Waals surface area contributed by atoms with Crippen LogP contribution in [0, 0.1) is 0 Å². The fourth-order valence-corrected chi connectivity index (χ4v) is 4.39. The number of aliphatic hydroxyl groups excluding tert-OH is 4. The molecule has 3 heterocycles. The maximum atomic E-state index is 11.0. The van der Waals surface area contributed by atoms with Crippen LogP contribution in [0.2, 0.25) is 0 Å². The molecule has 9 nitrogen and oxygen atoms in total. The Hall–Kier alpha value is -3.31. The molecule has 5 atom stereocenters. The van der Waals surface area contributed by atoms with Gasteiger partial charge < -0.3 is 40.0 Å². The number of fused-ring (bicyclic) bond motifs is 1. The van der Waals surface area contributed by atoms with E-state index in [-0.39, 0.29) is 5.75 Å². The molecule has 1 fully saturated rings. The lowest BCUT2D eigenvalue weighted by atomic mass is 9.95. The van der Waals surface area contributed by atoms with Gasteiger partial charge in [0.05, 0.1) is 6.61 Å². The Morgan fingerprint density at radius 3 is 2.51 bits per heavy atom. The molecular formula is C26H26N2O7. The molecule has 0 saturated carbocycles. The van der Waals surface area contributed by atoms with Crippen LogP contribution in [0.3, 0.4) is 0 Å². The average molecular weight is 479 g/mol. The Labute approximate surface area is 200 Å². The number of pyridine rings is 1. The van der Waals surface area contributed by atoms with Crippen LogP contribution in [0.4, 0.5) is 0 Å². The molecule has 2 aromatic carbocycles. The first-order chi connectivity index (χ1) is 16.9. The highest BCUT2D eigenvalue weighted by Crippen LogP contribution is 2.37. The molecule has 0 aliphatic carbocycles. The van der Waals surface area contributed by atoms with E-state index in [4.69, 9.17) is 9.47 Å². The normalized spacial score (nSPS) is 26.7. The summed E-state index contributed by atoms with van der Waals surface area (Å²) in [5.41, 5.74) is 4.69. The lowest BCUT2D eigenvalue weighted by Crippen LogP contribution is -2.69. The first kappa shape index (κ1) is 23.4. The molecular weight excluding hydrogens is 452 g/mol. The molecule has 2 aromatic heterocycles. The quantitative estimate of drug-likeness (QED) is 0.227. The van der Waals surface area contributed by atoms with Gasteiger partial charge in [0.25, 0.3) is 5.79 Å². The number of ether oxygens (including phenoxy) is 2. The summed E-state index contributed by atoms with van der Waals surface area (Å²) >= 11 is 0. The monoisotopic (exact) mass is 478 g/mol. The third-order valence-electron chi connectivity index (χ3n) is 6.33. The molecule has 1 saturated heterocycles. The fourth-order valence-electron chi connectivity index (χ4n) is 4.39. The summed E-state index contributed by atoms with van der Waals surface area (Å²) in [5, 5.41) is 51.9. The molecule has 4 aromatic rings. The lowest BCUT2D eigenvalue weighted by molar-refractivity contribution is -0.385. The number of benzene rings is 2. The average Bonchev–Trinajstić information content (AvgIpc) is 3.30. The Balaban J connectivity index is 1.43. The van der Waals surface area contributed by atoms with Gasteiger partial charge in [0.1, 0.15) is 18.0 Å². The molecule has 0 spiro atoms. The van der Waals surface area contributed by atoms with Crippen LogP contribution in [0.25, 0.3) is 22.0 Å². The van der Waals surface area contributed by atoms with Crippen LogP contribution in [0.5, 0.6) is 5.75 Å².